The lowest BCUT2D eigenvalue weighted by Gasteiger charge is -2.23. The lowest BCUT2D eigenvalue weighted by atomic mass is 9.97. The van der Waals surface area contributed by atoms with Gasteiger partial charge in [0.1, 0.15) is 5.82 Å². The summed E-state index contributed by atoms with van der Waals surface area (Å²) in [7, 11) is 1.94. The fourth-order valence-electron chi connectivity index (χ4n) is 4.07. The molecule has 3 aromatic rings. The number of benzene rings is 1. The molecule has 8 heteroatoms. The van der Waals surface area contributed by atoms with E-state index in [9.17, 15) is 0 Å². The lowest BCUT2D eigenvalue weighted by molar-refractivity contribution is 0.210. The van der Waals surface area contributed by atoms with Crippen LogP contribution in [-0.4, -0.2) is 48.7 Å². The molecule has 2 aromatic heterocycles. The van der Waals surface area contributed by atoms with Crippen molar-refractivity contribution in [3.63, 3.8) is 0 Å². The van der Waals surface area contributed by atoms with E-state index in [1.165, 1.54) is 0 Å². The fourth-order valence-corrected chi connectivity index (χ4v) is 4.07. The van der Waals surface area contributed by atoms with Gasteiger partial charge in [0.15, 0.2) is 13.5 Å². The van der Waals surface area contributed by atoms with Gasteiger partial charge < -0.3 is 21.1 Å². The molecular formula is C21H25BN6O. The highest BCUT2D eigenvalue weighted by Crippen LogP contribution is 2.30. The Bertz CT molecular complexity index is 1090. The van der Waals surface area contributed by atoms with Gasteiger partial charge in [-0.2, -0.15) is 14.6 Å². The summed E-state index contributed by atoms with van der Waals surface area (Å²) in [6, 6.07) is 8.27. The quantitative estimate of drug-likeness (QED) is 0.576. The number of nitrogens with two attached hydrogens (primary N) is 1. The zero-order valence-electron chi connectivity index (χ0n) is 16.6. The van der Waals surface area contributed by atoms with Gasteiger partial charge in [-0.25, -0.2) is 0 Å². The molecule has 148 valence electrons. The van der Waals surface area contributed by atoms with Crippen molar-refractivity contribution in [2.45, 2.75) is 12.8 Å². The topological polar surface area (TPSA) is 89.5 Å². The number of hydrogen-bond donors (Lipinski definition) is 3. The van der Waals surface area contributed by atoms with Crippen molar-refractivity contribution in [2.24, 2.45) is 5.92 Å². The van der Waals surface area contributed by atoms with Gasteiger partial charge in [-0.3, -0.25) is 0 Å². The van der Waals surface area contributed by atoms with Crippen LogP contribution in [0.2, 0.25) is 0 Å². The minimum atomic E-state index is 0.557. The molecule has 4 N–H and O–H groups in total. The van der Waals surface area contributed by atoms with Crippen molar-refractivity contribution >= 4 is 42.1 Å². The highest BCUT2D eigenvalue weighted by molar-refractivity contribution is 6.37. The van der Waals surface area contributed by atoms with Gasteiger partial charge >= 0.3 is 0 Å². The van der Waals surface area contributed by atoms with Crippen molar-refractivity contribution in [1.29, 1.82) is 0 Å². The Morgan fingerprint density at radius 3 is 2.93 bits per heavy atom. The van der Waals surface area contributed by atoms with Crippen LogP contribution >= 0.6 is 0 Å². The van der Waals surface area contributed by atoms with Gasteiger partial charge in [-0.05, 0) is 55.1 Å². The van der Waals surface area contributed by atoms with E-state index < -0.39 is 0 Å². The molecular weight excluding hydrogens is 363 g/mol. The Hall–Kier alpha value is -3.00. The Labute approximate surface area is 170 Å². The first-order valence-corrected chi connectivity index (χ1v) is 10.2. The number of nitrogens with one attached hydrogen (secondary N) is 2. The molecule has 0 bridgehead atoms. The van der Waals surface area contributed by atoms with Crippen LogP contribution in [0.25, 0.3) is 17.3 Å². The molecule has 2 aliphatic rings. The van der Waals surface area contributed by atoms with E-state index in [2.05, 4.69) is 33.9 Å². The Morgan fingerprint density at radius 2 is 2.07 bits per heavy atom. The molecule has 0 radical (unpaired) electrons. The molecule has 2 aliphatic heterocycles. The predicted molar refractivity (Wildman–Crippen MR) is 119 cm³/mol. The Balaban J connectivity index is 1.49. The molecule has 1 aromatic carbocycles. The molecule has 0 amide bonds. The second-order valence-corrected chi connectivity index (χ2v) is 7.84. The summed E-state index contributed by atoms with van der Waals surface area (Å²) >= 11 is 0. The number of fused-ring (bicyclic) bond motifs is 2. The maximum atomic E-state index is 6.38. The molecule has 5 rings (SSSR count). The summed E-state index contributed by atoms with van der Waals surface area (Å²) < 4.78 is 7.85. The van der Waals surface area contributed by atoms with Crippen molar-refractivity contribution < 1.29 is 4.74 Å². The zero-order chi connectivity index (χ0) is 19.8. The maximum absolute atomic E-state index is 6.38. The molecule has 0 spiro atoms. The van der Waals surface area contributed by atoms with Crippen LogP contribution < -0.4 is 26.6 Å². The van der Waals surface area contributed by atoms with Crippen LogP contribution in [0.1, 0.15) is 24.0 Å². The van der Waals surface area contributed by atoms with Crippen LogP contribution in [0.4, 0.5) is 11.5 Å². The minimum absolute atomic E-state index is 0.557. The summed E-state index contributed by atoms with van der Waals surface area (Å²) in [4.78, 5) is 4.83. The summed E-state index contributed by atoms with van der Waals surface area (Å²) in [6.07, 6.45) is 6.30. The molecule has 7 nitrogen and oxygen atoms in total. The van der Waals surface area contributed by atoms with Gasteiger partial charge in [-0.1, -0.05) is 18.2 Å². The summed E-state index contributed by atoms with van der Waals surface area (Å²) in [5.41, 5.74) is 12.4. The van der Waals surface area contributed by atoms with Gasteiger partial charge in [-0.15, -0.1) is 0 Å². The van der Waals surface area contributed by atoms with Crippen molar-refractivity contribution in [1.82, 2.24) is 19.9 Å². The van der Waals surface area contributed by atoms with Gasteiger partial charge in [0.2, 0.25) is 5.88 Å². The molecule has 0 atom stereocenters. The number of anilines is 2. The third-order valence-corrected chi connectivity index (χ3v) is 5.90. The fraction of sp³-hybridized carbons (Fsp3) is 0.333. The number of piperidine rings is 1. The molecule has 0 saturated carbocycles. The van der Waals surface area contributed by atoms with Crippen molar-refractivity contribution in [3.8, 4) is 5.88 Å². The van der Waals surface area contributed by atoms with Gasteiger partial charge in [0.05, 0.1) is 12.8 Å². The first-order valence-electron chi connectivity index (χ1n) is 10.2. The zero-order valence-corrected chi connectivity index (χ0v) is 16.6. The van der Waals surface area contributed by atoms with Crippen molar-refractivity contribution in [3.05, 3.63) is 41.6 Å². The summed E-state index contributed by atoms with van der Waals surface area (Å²) in [5.74, 6) is 1.74. The predicted octanol–water partition coefficient (Wildman–Crippen LogP) is 0.914. The highest BCUT2D eigenvalue weighted by Gasteiger charge is 2.20. The lowest BCUT2D eigenvalue weighted by Crippen LogP contribution is -2.31. The summed E-state index contributed by atoms with van der Waals surface area (Å²) in [5, 5.41) is 11.4. The molecule has 29 heavy (non-hydrogen) atoms. The van der Waals surface area contributed by atoms with Crippen LogP contribution in [-0.2, 0) is 0 Å². The molecule has 4 heterocycles. The first-order chi connectivity index (χ1) is 14.2. The average molecular weight is 388 g/mol. The molecule has 1 saturated heterocycles. The van der Waals surface area contributed by atoms with E-state index in [4.69, 9.17) is 15.5 Å². The van der Waals surface area contributed by atoms with E-state index in [0.717, 1.165) is 66.0 Å². The number of nitrogens with zero attached hydrogens (tertiary/aromatic N) is 3. The Morgan fingerprint density at radius 1 is 1.24 bits per heavy atom. The number of aromatic nitrogens is 3. The number of nitrogen functional groups attached to an aromatic ring is 1. The number of rotatable bonds is 4. The average Bonchev–Trinajstić information content (AvgIpc) is 3.19. The van der Waals surface area contributed by atoms with E-state index in [0.29, 0.717) is 24.2 Å². The van der Waals surface area contributed by atoms with Gasteiger partial charge in [0, 0.05) is 23.3 Å². The van der Waals surface area contributed by atoms with Crippen LogP contribution in [0.5, 0.6) is 5.88 Å². The van der Waals surface area contributed by atoms with E-state index in [1.807, 2.05) is 26.2 Å². The number of hydrogen-bond acceptors (Lipinski definition) is 6. The highest BCUT2D eigenvalue weighted by atomic mass is 16.5. The minimum Gasteiger partial charge on any atom is -0.478 e. The third kappa shape index (κ3) is 3.33. The monoisotopic (exact) mass is 388 g/mol. The van der Waals surface area contributed by atoms with Gasteiger partial charge in [0.25, 0.3) is 0 Å². The molecule has 1 fully saturated rings. The standard InChI is InChI=1S/C21H25BN6O/c22-18-19(23)28-20(27-21(18)29-12-13-5-7-24-8-6-13)16(11-26-28)15-9-14-3-1-2-4-17(14)25-10-15/h1-4,9,11,13,24-25H,5-8,10,12,22-23H2. The largest absolute Gasteiger partial charge is 0.478 e. The second-order valence-electron chi connectivity index (χ2n) is 7.84. The van der Waals surface area contributed by atoms with E-state index in [-0.39, 0.29) is 0 Å². The molecule has 0 unspecified atom stereocenters. The van der Waals surface area contributed by atoms with Crippen LogP contribution in [0.15, 0.2) is 30.5 Å². The SMILES string of the molecule is Bc1c(OCC2CCNCC2)nc2c(C3=Cc4ccccc4NC3)cnn2c1N. The smallest absolute Gasteiger partial charge is 0.212 e. The van der Waals surface area contributed by atoms with E-state index in [1.54, 1.807) is 4.52 Å². The van der Waals surface area contributed by atoms with Crippen LogP contribution in [0, 0.1) is 5.92 Å². The second kappa shape index (κ2) is 7.44. The number of para-hydroxylation sites is 1. The first kappa shape index (κ1) is 18.1. The number of ether oxygens (including phenoxy) is 1. The third-order valence-electron chi connectivity index (χ3n) is 5.90. The normalized spacial score (nSPS) is 16.9. The molecule has 0 aliphatic carbocycles. The Kier molecular flexibility index (Phi) is 4.63. The summed E-state index contributed by atoms with van der Waals surface area (Å²) in [6.45, 7) is 3.50. The van der Waals surface area contributed by atoms with Crippen LogP contribution in [0.3, 0.4) is 0 Å². The van der Waals surface area contributed by atoms with Crippen molar-refractivity contribution in [2.75, 3.05) is 37.3 Å². The maximum Gasteiger partial charge on any atom is 0.212 e. The van der Waals surface area contributed by atoms with E-state index >= 15 is 0 Å².